The van der Waals surface area contributed by atoms with E-state index >= 15 is 0 Å². The molecule has 2 heterocycles. The number of amides is 4. The lowest BCUT2D eigenvalue weighted by molar-refractivity contribution is -0.121. The monoisotopic (exact) mass is 714 g/mol. The van der Waals surface area contributed by atoms with Gasteiger partial charge in [-0.25, -0.2) is 13.3 Å². The van der Waals surface area contributed by atoms with E-state index in [9.17, 15) is 18.6 Å². The smallest absolute Gasteiger partial charge is 0.317 e. The molecule has 3 rings (SSSR count). The minimum Gasteiger partial charge on any atom is -0.381 e. The Labute approximate surface area is 302 Å². The van der Waals surface area contributed by atoms with Gasteiger partial charge in [0.2, 0.25) is 5.91 Å². The third kappa shape index (κ3) is 11.8. The molecule has 4 atom stereocenters. The lowest BCUT2D eigenvalue weighted by Gasteiger charge is -2.25. The Kier molecular flexibility index (Phi) is 18.5. The molecule has 50 heavy (non-hydrogen) atoms. The zero-order valence-electron chi connectivity index (χ0n) is 31.8. The number of urea groups is 1. The summed E-state index contributed by atoms with van der Waals surface area (Å²) in [5, 5.41) is 4.30. The number of primary amides is 1. The molecule has 0 spiro atoms. The van der Waals surface area contributed by atoms with E-state index in [0.717, 1.165) is 54.3 Å². The van der Waals surface area contributed by atoms with Gasteiger partial charge in [-0.2, -0.15) is 0 Å². The van der Waals surface area contributed by atoms with Crippen molar-refractivity contribution in [2.24, 2.45) is 11.7 Å². The van der Waals surface area contributed by atoms with Gasteiger partial charge in [-0.05, 0) is 61.8 Å². The van der Waals surface area contributed by atoms with E-state index in [1.807, 2.05) is 38.1 Å². The third-order valence-corrected chi connectivity index (χ3v) is 9.98. The molecule has 4 unspecified atom stereocenters. The maximum Gasteiger partial charge on any atom is 0.317 e. The number of nitrogens with two attached hydrogens (primary N) is 1. The van der Waals surface area contributed by atoms with E-state index < -0.39 is 17.1 Å². The van der Waals surface area contributed by atoms with Crippen molar-refractivity contribution in [3.63, 3.8) is 0 Å². The number of methoxy groups -OCH3 is 1. The number of aromatic nitrogens is 1. The highest BCUT2D eigenvalue weighted by atomic mass is 32.2. The van der Waals surface area contributed by atoms with Crippen molar-refractivity contribution in [2.75, 3.05) is 40.9 Å². The largest absolute Gasteiger partial charge is 0.381 e. The molecule has 1 aliphatic rings. The predicted octanol–water partition coefficient (Wildman–Crippen LogP) is 6.51. The van der Waals surface area contributed by atoms with Crippen LogP contribution in [0.5, 0.6) is 0 Å². The molecule has 1 fully saturated rings. The van der Waals surface area contributed by atoms with Crippen LogP contribution in [0.25, 0.3) is 16.5 Å². The first kappa shape index (κ1) is 42.7. The second-order valence-electron chi connectivity index (χ2n) is 12.9. The Morgan fingerprint density at radius 1 is 1.16 bits per heavy atom. The second-order valence-corrected chi connectivity index (χ2v) is 14.4. The molecule has 0 bridgehead atoms. The summed E-state index contributed by atoms with van der Waals surface area (Å²) in [5.41, 5.74) is 10.3. The molecule has 2 aromatic rings. The van der Waals surface area contributed by atoms with Crippen molar-refractivity contribution in [3.8, 4) is 0 Å². The minimum absolute atomic E-state index is 0.234. The van der Waals surface area contributed by atoms with Gasteiger partial charge in [0.1, 0.15) is 0 Å². The van der Waals surface area contributed by atoms with Crippen LogP contribution in [0.1, 0.15) is 114 Å². The maximum absolute atomic E-state index is 13.6. The number of carbonyl (C=O) groups is 3. The number of hydrogen-bond acceptors (Lipinski definition) is 5. The van der Waals surface area contributed by atoms with E-state index in [4.69, 9.17) is 10.5 Å². The van der Waals surface area contributed by atoms with Crippen molar-refractivity contribution >= 4 is 45.5 Å². The van der Waals surface area contributed by atoms with Gasteiger partial charge in [0, 0.05) is 63.0 Å². The lowest BCUT2D eigenvalue weighted by Crippen LogP contribution is -2.45. The molecule has 4 amide bonds. The van der Waals surface area contributed by atoms with Crippen LogP contribution in [0.2, 0.25) is 0 Å². The standard InChI is InChI=1S/C36H56N6O5S.C2H6/c1-8-10-11-15-25(3)32-30-18-17-27(35(44)39-48(46)40(5)6)22-31(30)42(33(32)26(4)14-9-2)24-29(16-12-13-21-47-7)38-36(45)41-20-19-28(23-41)34(37)43;1-2/h12-14,17-18,22,25,28-29H,8-11,15-16,19-21,23-24H2,1-7H3,(H2,37,43)(H,38,45)(H,39,44);1-2H3/b13-12+,26-14+;. The average molecular weight is 715 g/mol. The Balaban J connectivity index is 0.00000425. The molecule has 1 aromatic heterocycles. The number of fused-ring (bicyclic) bond motifs is 1. The number of nitrogens with one attached hydrogen (secondary N) is 2. The number of carbonyl (C=O) groups excluding carboxylic acids is 3. The summed E-state index contributed by atoms with van der Waals surface area (Å²) < 4.78 is 23.9. The van der Waals surface area contributed by atoms with Crippen LogP contribution >= 0.6 is 0 Å². The van der Waals surface area contributed by atoms with Gasteiger partial charge in [0.15, 0.2) is 11.2 Å². The highest BCUT2D eigenvalue weighted by molar-refractivity contribution is 7.81. The van der Waals surface area contributed by atoms with E-state index in [2.05, 4.69) is 48.4 Å². The first-order valence-electron chi connectivity index (χ1n) is 18.1. The predicted molar refractivity (Wildman–Crippen MR) is 206 cm³/mol. The number of nitrogens with zero attached hydrogens (tertiary/aromatic N) is 3. The van der Waals surface area contributed by atoms with Crippen molar-refractivity contribution < 1.29 is 23.3 Å². The van der Waals surface area contributed by atoms with E-state index in [0.29, 0.717) is 44.6 Å². The second kappa shape index (κ2) is 21.7. The van der Waals surface area contributed by atoms with Crippen molar-refractivity contribution in [2.45, 2.75) is 105 Å². The van der Waals surface area contributed by atoms with Crippen molar-refractivity contribution in [1.29, 1.82) is 0 Å². The first-order chi connectivity index (χ1) is 23.9. The quantitative estimate of drug-likeness (QED) is 0.119. The van der Waals surface area contributed by atoms with Gasteiger partial charge in [0.05, 0.1) is 18.6 Å². The fourth-order valence-electron chi connectivity index (χ4n) is 6.38. The number of allylic oxidation sites excluding steroid dienone is 2. The van der Waals surface area contributed by atoms with Crippen LogP contribution in [0.3, 0.4) is 0 Å². The Bertz CT molecular complexity index is 1500. The molecular weight excluding hydrogens is 653 g/mol. The summed E-state index contributed by atoms with van der Waals surface area (Å²) >= 11 is -1.67. The van der Waals surface area contributed by atoms with Gasteiger partial charge in [-0.3, -0.25) is 14.3 Å². The fourth-order valence-corrected chi connectivity index (χ4v) is 6.83. The summed E-state index contributed by atoms with van der Waals surface area (Å²) in [6, 6.07) is 5.13. The molecule has 1 aliphatic heterocycles. The van der Waals surface area contributed by atoms with Crippen LogP contribution < -0.4 is 15.8 Å². The van der Waals surface area contributed by atoms with E-state index in [-0.39, 0.29) is 29.8 Å². The Hall–Kier alpha value is -3.48. The van der Waals surface area contributed by atoms with Crippen molar-refractivity contribution in [3.05, 3.63) is 53.2 Å². The fraction of sp³-hybridized carbons (Fsp3) is 0.605. The summed E-state index contributed by atoms with van der Waals surface area (Å²) in [6.07, 6.45) is 12.6. The number of benzene rings is 1. The average Bonchev–Trinajstić information content (AvgIpc) is 3.71. The topological polar surface area (TPSA) is 139 Å². The van der Waals surface area contributed by atoms with Crippen molar-refractivity contribution in [1.82, 2.24) is 23.8 Å². The van der Waals surface area contributed by atoms with Gasteiger partial charge in [0.25, 0.3) is 5.91 Å². The highest BCUT2D eigenvalue weighted by Gasteiger charge is 2.31. The molecule has 0 aliphatic carbocycles. The number of likely N-dealkylation sites (tertiary alicyclic amines) is 1. The molecular formula is C38H62N6O5S. The summed E-state index contributed by atoms with van der Waals surface area (Å²) in [7, 11) is 4.91. The zero-order chi connectivity index (χ0) is 37.4. The molecule has 1 saturated heterocycles. The summed E-state index contributed by atoms with van der Waals surface area (Å²) in [5.74, 6) is -0.912. The number of hydrogen-bond donors (Lipinski definition) is 3. The summed E-state index contributed by atoms with van der Waals surface area (Å²) in [6.45, 7) is 14.4. The SMILES string of the molecule is CC.CC/C=C(\C)c1c(C(C)CCCCC)c2ccc(C(=O)NS(=O)N(C)C)cc2n1CC(C/C=C/COC)NC(=O)N1CCC(C(N)=O)C1. The molecule has 1 aromatic carbocycles. The van der Waals surface area contributed by atoms with Gasteiger partial charge < -0.3 is 25.3 Å². The highest BCUT2D eigenvalue weighted by Crippen LogP contribution is 2.39. The van der Waals surface area contributed by atoms with Crippen LogP contribution in [-0.2, 0) is 27.2 Å². The van der Waals surface area contributed by atoms with Crippen LogP contribution in [-0.4, -0.2) is 82.8 Å². The van der Waals surface area contributed by atoms with Gasteiger partial charge >= 0.3 is 6.03 Å². The number of ether oxygens (including phenoxy) is 1. The van der Waals surface area contributed by atoms with Crippen LogP contribution in [0.4, 0.5) is 4.79 Å². The molecule has 280 valence electrons. The zero-order valence-corrected chi connectivity index (χ0v) is 32.7. The molecule has 4 N–H and O–H groups in total. The first-order valence-corrected chi connectivity index (χ1v) is 19.3. The maximum atomic E-state index is 13.6. The third-order valence-electron chi connectivity index (χ3n) is 8.95. The van der Waals surface area contributed by atoms with E-state index in [1.54, 1.807) is 32.2 Å². The number of unbranched alkanes of at least 4 members (excludes halogenated alkanes) is 2. The Morgan fingerprint density at radius 3 is 2.48 bits per heavy atom. The van der Waals surface area contributed by atoms with Crippen LogP contribution in [0.15, 0.2) is 36.4 Å². The normalized spacial score (nSPS) is 16.7. The minimum atomic E-state index is -1.67. The van der Waals surface area contributed by atoms with Crippen LogP contribution in [0, 0.1) is 5.92 Å². The summed E-state index contributed by atoms with van der Waals surface area (Å²) in [4.78, 5) is 40.3. The molecule has 12 heteroatoms. The number of rotatable bonds is 18. The Morgan fingerprint density at radius 2 is 1.88 bits per heavy atom. The molecule has 0 radical (unpaired) electrons. The van der Waals surface area contributed by atoms with E-state index in [1.165, 1.54) is 9.87 Å². The van der Waals surface area contributed by atoms with Gasteiger partial charge in [-0.15, -0.1) is 0 Å². The molecule has 0 saturated carbocycles. The lowest BCUT2D eigenvalue weighted by atomic mass is 9.90. The molecule has 11 nitrogen and oxygen atoms in total. The van der Waals surface area contributed by atoms with Gasteiger partial charge in [-0.1, -0.05) is 78.2 Å².